The maximum absolute atomic E-state index is 12.6. The Kier molecular flexibility index (Phi) is 6.77. The number of aromatic nitrogens is 1. The molecule has 0 aliphatic rings. The SMILES string of the molecule is COc1ccc(S(=O)(=O)N(C)C)cc1NC(=O)Cc1csc(-c2cccc(Cl)c2)n1. The van der Waals surface area contributed by atoms with Crippen LogP contribution in [-0.2, 0) is 21.2 Å². The van der Waals surface area contributed by atoms with E-state index in [2.05, 4.69) is 10.3 Å². The number of rotatable bonds is 7. The molecule has 3 rings (SSSR count). The molecule has 0 saturated heterocycles. The Morgan fingerprint density at radius 3 is 2.67 bits per heavy atom. The Morgan fingerprint density at radius 2 is 2.00 bits per heavy atom. The number of halogens is 1. The van der Waals surface area contributed by atoms with Crippen LogP contribution in [0.25, 0.3) is 10.6 Å². The lowest BCUT2D eigenvalue weighted by Crippen LogP contribution is -2.22. The van der Waals surface area contributed by atoms with Crippen molar-refractivity contribution in [2.24, 2.45) is 0 Å². The predicted molar refractivity (Wildman–Crippen MR) is 119 cm³/mol. The van der Waals surface area contributed by atoms with Gasteiger partial charge >= 0.3 is 0 Å². The Morgan fingerprint density at radius 1 is 1.23 bits per heavy atom. The van der Waals surface area contributed by atoms with Gasteiger partial charge in [0, 0.05) is 30.1 Å². The number of thiazole rings is 1. The van der Waals surface area contributed by atoms with Gasteiger partial charge < -0.3 is 10.1 Å². The second-order valence-electron chi connectivity index (χ2n) is 6.53. The van der Waals surface area contributed by atoms with Gasteiger partial charge in [0.2, 0.25) is 15.9 Å². The highest BCUT2D eigenvalue weighted by Crippen LogP contribution is 2.29. The largest absolute Gasteiger partial charge is 0.495 e. The fourth-order valence-electron chi connectivity index (χ4n) is 2.66. The molecule has 3 aromatic rings. The summed E-state index contributed by atoms with van der Waals surface area (Å²) < 4.78 is 31.1. The zero-order chi connectivity index (χ0) is 21.9. The van der Waals surface area contributed by atoms with Crippen LogP contribution < -0.4 is 10.1 Å². The number of methoxy groups -OCH3 is 1. The molecule has 0 radical (unpaired) electrons. The highest BCUT2D eigenvalue weighted by atomic mass is 35.5. The van der Waals surface area contributed by atoms with Crippen LogP contribution in [0.2, 0.25) is 5.02 Å². The van der Waals surface area contributed by atoms with Crippen LogP contribution in [0.15, 0.2) is 52.7 Å². The van der Waals surface area contributed by atoms with Crippen LogP contribution >= 0.6 is 22.9 Å². The number of nitrogens with zero attached hydrogens (tertiary/aromatic N) is 2. The van der Waals surface area contributed by atoms with Crippen LogP contribution in [0.3, 0.4) is 0 Å². The number of nitrogens with one attached hydrogen (secondary N) is 1. The number of carbonyl (C=O) groups excluding carboxylic acids is 1. The molecule has 0 bridgehead atoms. The number of hydrogen-bond donors (Lipinski definition) is 1. The van der Waals surface area contributed by atoms with Gasteiger partial charge in [-0.3, -0.25) is 4.79 Å². The summed E-state index contributed by atoms with van der Waals surface area (Å²) in [5.74, 6) is 0.0228. The molecule has 7 nitrogen and oxygen atoms in total. The number of carbonyl (C=O) groups is 1. The quantitative estimate of drug-likeness (QED) is 0.571. The number of ether oxygens (including phenoxy) is 1. The van der Waals surface area contributed by atoms with Crippen molar-refractivity contribution in [2.45, 2.75) is 11.3 Å². The molecule has 158 valence electrons. The molecule has 0 aliphatic heterocycles. The van der Waals surface area contributed by atoms with Crippen LogP contribution in [0.5, 0.6) is 5.75 Å². The van der Waals surface area contributed by atoms with E-state index in [1.165, 1.54) is 50.7 Å². The summed E-state index contributed by atoms with van der Waals surface area (Å²) in [5, 5.41) is 5.90. The van der Waals surface area contributed by atoms with Gasteiger partial charge in [0.05, 0.1) is 29.8 Å². The van der Waals surface area contributed by atoms with Gasteiger partial charge in [-0.15, -0.1) is 11.3 Å². The third-order valence-electron chi connectivity index (χ3n) is 4.19. The summed E-state index contributed by atoms with van der Waals surface area (Å²) in [6.07, 6.45) is 0.0326. The minimum atomic E-state index is -3.64. The third-order valence-corrected chi connectivity index (χ3v) is 7.17. The van der Waals surface area contributed by atoms with Crippen LogP contribution in [0.1, 0.15) is 5.69 Å². The molecule has 0 unspecified atom stereocenters. The van der Waals surface area contributed by atoms with E-state index in [0.29, 0.717) is 16.5 Å². The fraction of sp³-hybridized carbons (Fsp3) is 0.200. The van der Waals surface area contributed by atoms with Crippen molar-refractivity contribution in [1.29, 1.82) is 0 Å². The highest BCUT2D eigenvalue weighted by Gasteiger charge is 2.20. The van der Waals surface area contributed by atoms with Gasteiger partial charge in [-0.1, -0.05) is 23.7 Å². The van der Waals surface area contributed by atoms with Crippen LogP contribution in [0.4, 0.5) is 5.69 Å². The molecule has 0 atom stereocenters. The van der Waals surface area contributed by atoms with Crippen molar-refractivity contribution in [3.63, 3.8) is 0 Å². The summed E-state index contributed by atoms with van der Waals surface area (Å²) in [6, 6.07) is 11.7. The van der Waals surface area contributed by atoms with E-state index < -0.39 is 10.0 Å². The highest BCUT2D eigenvalue weighted by molar-refractivity contribution is 7.89. The topological polar surface area (TPSA) is 88.6 Å². The molecular weight excluding hydrogens is 446 g/mol. The summed E-state index contributed by atoms with van der Waals surface area (Å²) in [5.41, 5.74) is 1.75. The van der Waals surface area contributed by atoms with Crippen molar-refractivity contribution in [3.05, 3.63) is 58.6 Å². The van der Waals surface area contributed by atoms with Crippen LogP contribution in [-0.4, -0.2) is 44.8 Å². The number of hydrogen-bond acceptors (Lipinski definition) is 6. The fourth-order valence-corrected chi connectivity index (χ4v) is 4.59. The molecule has 0 aliphatic carbocycles. The molecule has 2 aromatic carbocycles. The zero-order valence-electron chi connectivity index (χ0n) is 16.5. The van der Waals surface area contributed by atoms with E-state index in [-0.39, 0.29) is 22.9 Å². The normalized spacial score (nSPS) is 11.5. The average Bonchev–Trinajstić information content (AvgIpc) is 3.16. The predicted octanol–water partition coefficient (Wildman–Crippen LogP) is 3.90. The smallest absolute Gasteiger partial charge is 0.242 e. The first-order valence-corrected chi connectivity index (χ1v) is 11.5. The molecular formula is C20H20ClN3O4S2. The van der Waals surface area contributed by atoms with Gasteiger partial charge in [-0.2, -0.15) is 0 Å². The Hall–Kier alpha value is -2.46. The van der Waals surface area contributed by atoms with E-state index in [4.69, 9.17) is 16.3 Å². The maximum Gasteiger partial charge on any atom is 0.242 e. The average molecular weight is 466 g/mol. The van der Waals surface area contributed by atoms with Crippen molar-refractivity contribution in [2.75, 3.05) is 26.5 Å². The third kappa shape index (κ3) is 4.99. The van der Waals surface area contributed by atoms with E-state index in [1.54, 1.807) is 11.4 Å². The van der Waals surface area contributed by atoms with Crippen molar-refractivity contribution >= 4 is 44.6 Å². The first-order valence-electron chi connectivity index (χ1n) is 8.81. The van der Waals surface area contributed by atoms with Gasteiger partial charge in [0.25, 0.3) is 0 Å². The monoisotopic (exact) mass is 465 g/mol. The van der Waals surface area contributed by atoms with Gasteiger partial charge in [0.1, 0.15) is 10.8 Å². The van der Waals surface area contributed by atoms with Crippen molar-refractivity contribution in [3.8, 4) is 16.3 Å². The number of benzene rings is 2. The van der Waals surface area contributed by atoms with Gasteiger partial charge in [-0.05, 0) is 30.3 Å². The van der Waals surface area contributed by atoms with E-state index >= 15 is 0 Å². The second-order valence-corrected chi connectivity index (χ2v) is 9.98. The minimum Gasteiger partial charge on any atom is -0.495 e. The standard InChI is InChI=1S/C20H20ClN3O4S2/c1-24(2)30(26,27)16-7-8-18(28-3)17(11-16)23-19(25)10-15-12-29-20(22-15)13-5-4-6-14(21)9-13/h4-9,11-12H,10H2,1-3H3,(H,23,25). The van der Waals surface area contributed by atoms with E-state index in [9.17, 15) is 13.2 Å². The Balaban J connectivity index is 1.78. The van der Waals surface area contributed by atoms with Crippen molar-refractivity contribution < 1.29 is 17.9 Å². The summed E-state index contributed by atoms with van der Waals surface area (Å²) in [6.45, 7) is 0. The summed E-state index contributed by atoms with van der Waals surface area (Å²) in [4.78, 5) is 17.1. The summed E-state index contributed by atoms with van der Waals surface area (Å²) >= 11 is 7.44. The van der Waals surface area contributed by atoms with Gasteiger partial charge in [-0.25, -0.2) is 17.7 Å². The van der Waals surface area contributed by atoms with E-state index in [0.717, 1.165) is 14.9 Å². The first kappa shape index (κ1) is 22.2. The number of sulfonamides is 1. The molecule has 0 spiro atoms. The molecule has 30 heavy (non-hydrogen) atoms. The van der Waals surface area contributed by atoms with E-state index in [1.807, 2.05) is 18.2 Å². The lowest BCUT2D eigenvalue weighted by molar-refractivity contribution is -0.115. The maximum atomic E-state index is 12.6. The van der Waals surface area contributed by atoms with Crippen molar-refractivity contribution in [1.82, 2.24) is 9.29 Å². The first-order chi connectivity index (χ1) is 14.2. The lowest BCUT2D eigenvalue weighted by Gasteiger charge is -2.15. The molecule has 1 amide bonds. The molecule has 0 fully saturated rings. The summed E-state index contributed by atoms with van der Waals surface area (Å²) in [7, 11) is 0.686. The van der Waals surface area contributed by atoms with Gasteiger partial charge in [0.15, 0.2) is 0 Å². The number of anilines is 1. The molecule has 1 heterocycles. The van der Waals surface area contributed by atoms with Crippen LogP contribution in [0, 0.1) is 0 Å². The lowest BCUT2D eigenvalue weighted by atomic mass is 10.2. The minimum absolute atomic E-state index is 0.0326. The molecule has 1 aromatic heterocycles. The molecule has 1 N–H and O–H groups in total. The molecule has 10 heteroatoms. The zero-order valence-corrected chi connectivity index (χ0v) is 18.9. The Labute approximate surface area is 184 Å². The second kappa shape index (κ2) is 9.13. The number of amides is 1. The Bertz CT molecular complexity index is 1180. The molecule has 0 saturated carbocycles.